The van der Waals surface area contributed by atoms with E-state index in [0.29, 0.717) is 18.2 Å². The molecule has 0 saturated carbocycles. The number of nitriles is 1. The van der Waals surface area contributed by atoms with E-state index in [0.717, 1.165) is 47.5 Å². The van der Waals surface area contributed by atoms with Crippen molar-refractivity contribution in [1.82, 2.24) is 15.0 Å². The average molecular weight is 342 g/mol. The van der Waals surface area contributed by atoms with Crippen molar-refractivity contribution in [1.29, 1.82) is 5.26 Å². The Bertz CT molecular complexity index is 990. The second-order valence-corrected chi connectivity index (χ2v) is 6.39. The van der Waals surface area contributed by atoms with Gasteiger partial charge in [0.25, 0.3) is 0 Å². The van der Waals surface area contributed by atoms with Crippen molar-refractivity contribution in [3.63, 3.8) is 0 Å². The van der Waals surface area contributed by atoms with Crippen molar-refractivity contribution in [3.8, 4) is 23.1 Å². The maximum Gasteiger partial charge on any atom is 0.214 e. The lowest BCUT2D eigenvalue weighted by atomic mass is 10.0. The fraction of sp³-hybridized carbons (Fsp3) is 0.238. The third kappa shape index (κ3) is 3.27. The minimum Gasteiger partial charge on any atom is -0.471 e. The molecule has 3 aromatic heterocycles. The Morgan fingerprint density at radius 3 is 2.85 bits per heavy atom. The molecule has 5 heteroatoms. The monoisotopic (exact) mass is 342 g/mol. The molecule has 4 rings (SSSR count). The number of aryl methyl sites for hydroxylation is 2. The van der Waals surface area contributed by atoms with Crippen LogP contribution >= 0.6 is 0 Å². The van der Waals surface area contributed by atoms with Gasteiger partial charge in [-0.1, -0.05) is 6.07 Å². The van der Waals surface area contributed by atoms with Gasteiger partial charge in [0.05, 0.1) is 5.69 Å². The van der Waals surface area contributed by atoms with Crippen LogP contribution in [-0.4, -0.2) is 15.0 Å². The molecule has 0 N–H and O–H groups in total. The van der Waals surface area contributed by atoms with Gasteiger partial charge < -0.3 is 4.74 Å². The number of nitrogens with zero attached hydrogens (tertiary/aromatic N) is 4. The first-order valence-electron chi connectivity index (χ1n) is 8.67. The molecule has 5 nitrogen and oxygen atoms in total. The lowest BCUT2D eigenvalue weighted by Gasteiger charge is -2.12. The first kappa shape index (κ1) is 16.2. The molecule has 1 aliphatic carbocycles. The molecule has 3 heterocycles. The highest BCUT2D eigenvalue weighted by molar-refractivity contribution is 5.69. The second-order valence-electron chi connectivity index (χ2n) is 6.39. The van der Waals surface area contributed by atoms with Crippen molar-refractivity contribution < 1.29 is 4.74 Å². The number of fused-ring (bicyclic) bond motifs is 1. The fourth-order valence-corrected chi connectivity index (χ4v) is 3.30. The summed E-state index contributed by atoms with van der Waals surface area (Å²) in [6.07, 6.45) is 4.82. The van der Waals surface area contributed by atoms with E-state index in [2.05, 4.69) is 21.0 Å². The Kier molecular flexibility index (Phi) is 4.32. The zero-order valence-electron chi connectivity index (χ0n) is 14.6. The third-order valence-corrected chi connectivity index (χ3v) is 4.53. The maximum absolute atomic E-state index is 8.95. The minimum absolute atomic E-state index is 0.387. The summed E-state index contributed by atoms with van der Waals surface area (Å²) in [5.41, 5.74) is 6.71. The van der Waals surface area contributed by atoms with E-state index >= 15 is 0 Å². The summed E-state index contributed by atoms with van der Waals surface area (Å²) in [7, 11) is 0. The standard InChI is InChI=1S/C21H18N4O/c1-14-4-2-5-17(24-14)13-26-21-10-19(18-6-3-7-20(18)25-21)15-8-9-16(11-22)23-12-15/h2,4-5,8-10,12H,3,6-7,13H2,1H3. The van der Waals surface area contributed by atoms with Crippen molar-refractivity contribution in [2.24, 2.45) is 0 Å². The summed E-state index contributed by atoms with van der Waals surface area (Å²) in [6.45, 7) is 2.35. The zero-order valence-corrected chi connectivity index (χ0v) is 14.6. The van der Waals surface area contributed by atoms with Crippen LogP contribution in [0.15, 0.2) is 42.6 Å². The van der Waals surface area contributed by atoms with Gasteiger partial charge in [0, 0.05) is 29.2 Å². The van der Waals surface area contributed by atoms with Gasteiger partial charge in [-0.3, -0.25) is 4.98 Å². The molecule has 0 aliphatic heterocycles. The fourth-order valence-electron chi connectivity index (χ4n) is 3.30. The molecular weight excluding hydrogens is 324 g/mol. The average Bonchev–Trinajstić information content (AvgIpc) is 3.14. The van der Waals surface area contributed by atoms with Gasteiger partial charge in [-0.2, -0.15) is 5.26 Å². The van der Waals surface area contributed by atoms with Crippen LogP contribution in [-0.2, 0) is 19.4 Å². The molecule has 0 amide bonds. The van der Waals surface area contributed by atoms with E-state index in [1.807, 2.05) is 37.3 Å². The molecular formula is C21H18N4O. The minimum atomic E-state index is 0.387. The number of aromatic nitrogens is 3. The van der Waals surface area contributed by atoms with Crippen LogP contribution in [0, 0.1) is 18.3 Å². The second kappa shape index (κ2) is 6.93. The molecule has 0 spiro atoms. The number of ether oxygens (including phenoxy) is 1. The van der Waals surface area contributed by atoms with Crippen LogP contribution in [0.2, 0.25) is 0 Å². The van der Waals surface area contributed by atoms with Crippen LogP contribution in [0.5, 0.6) is 5.88 Å². The lowest BCUT2D eigenvalue weighted by molar-refractivity contribution is 0.288. The third-order valence-electron chi connectivity index (χ3n) is 4.53. The van der Waals surface area contributed by atoms with Gasteiger partial charge >= 0.3 is 0 Å². The van der Waals surface area contributed by atoms with Gasteiger partial charge in [-0.05, 0) is 61.6 Å². The van der Waals surface area contributed by atoms with Crippen LogP contribution in [0.25, 0.3) is 11.1 Å². The van der Waals surface area contributed by atoms with Crippen LogP contribution in [0.4, 0.5) is 0 Å². The number of hydrogen-bond donors (Lipinski definition) is 0. The molecule has 3 aromatic rings. The molecule has 0 bridgehead atoms. The molecule has 0 saturated heterocycles. The van der Waals surface area contributed by atoms with Crippen LogP contribution in [0.1, 0.15) is 34.8 Å². The van der Waals surface area contributed by atoms with E-state index in [1.54, 1.807) is 12.3 Å². The molecule has 0 fully saturated rings. The Hall–Kier alpha value is -3.26. The predicted molar refractivity (Wildman–Crippen MR) is 97.5 cm³/mol. The van der Waals surface area contributed by atoms with E-state index in [1.165, 1.54) is 5.56 Å². The zero-order chi connectivity index (χ0) is 17.9. The van der Waals surface area contributed by atoms with E-state index in [-0.39, 0.29) is 0 Å². The molecule has 0 aromatic carbocycles. The highest BCUT2D eigenvalue weighted by Crippen LogP contribution is 2.34. The molecule has 26 heavy (non-hydrogen) atoms. The van der Waals surface area contributed by atoms with Gasteiger partial charge in [0.2, 0.25) is 5.88 Å². The highest BCUT2D eigenvalue weighted by Gasteiger charge is 2.19. The smallest absolute Gasteiger partial charge is 0.214 e. The molecule has 0 atom stereocenters. The van der Waals surface area contributed by atoms with E-state index in [4.69, 9.17) is 10.00 Å². The Balaban J connectivity index is 1.65. The van der Waals surface area contributed by atoms with Gasteiger partial charge in [-0.25, -0.2) is 9.97 Å². The SMILES string of the molecule is Cc1cccc(COc2cc(-c3ccc(C#N)nc3)c3c(n2)CCC3)n1. The summed E-state index contributed by atoms with van der Waals surface area (Å²) < 4.78 is 5.93. The predicted octanol–water partition coefficient (Wildman–Crippen LogP) is 3.79. The van der Waals surface area contributed by atoms with Gasteiger partial charge in [-0.15, -0.1) is 0 Å². The van der Waals surface area contributed by atoms with Crippen LogP contribution < -0.4 is 4.74 Å². The summed E-state index contributed by atoms with van der Waals surface area (Å²) >= 11 is 0. The number of hydrogen-bond acceptors (Lipinski definition) is 5. The van der Waals surface area contributed by atoms with Crippen molar-refractivity contribution in [2.45, 2.75) is 32.8 Å². The Morgan fingerprint density at radius 2 is 2.08 bits per heavy atom. The molecule has 0 unspecified atom stereocenters. The Labute approximate surface area is 152 Å². The first-order chi connectivity index (χ1) is 12.7. The number of pyridine rings is 3. The van der Waals surface area contributed by atoms with E-state index in [9.17, 15) is 0 Å². The van der Waals surface area contributed by atoms with Crippen molar-refractivity contribution in [3.05, 3.63) is 70.9 Å². The van der Waals surface area contributed by atoms with E-state index < -0.39 is 0 Å². The normalized spacial score (nSPS) is 12.5. The first-order valence-corrected chi connectivity index (χ1v) is 8.67. The molecule has 1 aliphatic rings. The van der Waals surface area contributed by atoms with Gasteiger partial charge in [0.15, 0.2) is 0 Å². The largest absolute Gasteiger partial charge is 0.471 e. The molecule has 128 valence electrons. The summed E-state index contributed by atoms with van der Waals surface area (Å²) in [6, 6.07) is 13.6. The topological polar surface area (TPSA) is 71.7 Å². The lowest BCUT2D eigenvalue weighted by Crippen LogP contribution is -2.03. The molecule has 0 radical (unpaired) electrons. The van der Waals surface area contributed by atoms with Crippen LogP contribution in [0.3, 0.4) is 0 Å². The summed E-state index contributed by atoms with van der Waals surface area (Å²) in [5.74, 6) is 0.605. The summed E-state index contributed by atoms with van der Waals surface area (Å²) in [5, 5.41) is 8.95. The number of rotatable bonds is 4. The van der Waals surface area contributed by atoms with Crippen molar-refractivity contribution >= 4 is 0 Å². The summed E-state index contributed by atoms with van der Waals surface area (Å²) in [4.78, 5) is 13.4. The van der Waals surface area contributed by atoms with Crippen molar-refractivity contribution in [2.75, 3.05) is 0 Å². The Morgan fingerprint density at radius 1 is 1.15 bits per heavy atom. The quantitative estimate of drug-likeness (QED) is 0.721. The highest BCUT2D eigenvalue weighted by atomic mass is 16.5. The van der Waals surface area contributed by atoms with Gasteiger partial charge in [0.1, 0.15) is 18.4 Å². The maximum atomic E-state index is 8.95.